The molecule has 1 N–H and O–H groups in total. The van der Waals surface area contributed by atoms with Crippen molar-refractivity contribution in [1.82, 2.24) is 0 Å². The molecule has 3 nitrogen and oxygen atoms in total. The molecule has 108 valence electrons. The largest absolute Gasteiger partial charge is 0.491 e. The Morgan fingerprint density at radius 1 is 1.35 bits per heavy atom. The van der Waals surface area contributed by atoms with Crippen LogP contribution in [0.4, 0.5) is 0 Å². The number of halogens is 1. The summed E-state index contributed by atoms with van der Waals surface area (Å²) in [4.78, 5) is 11.1. The monoisotopic (exact) mass is 294 g/mol. The zero-order chi connectivity index (χ0) is 14.1. The average molecular weight is 295 g/mol. The van der Waals surface area contributed by atoms with E-state index < -0.39 is 5.97 Å². The summed E-state index contributed by atoms with van der Waals surface area (Å²) < 4.78 is 5.91. The molecule has 4 heteroatoms. The van der Waals surface area contributed by atoms with Crippen LogP contribution < -0.4 is 4.74 Å². The number of hydrogen-bond acceptors (Lipinski definition) is 2. The third kappa shape index (κ3) is 3.26. The highest BCUT2D eigenvalue weighted by Gasteiger charge is 2.36. The number of rotatable bonds is 7. The normalized spacial score (nSPS) is 19.6. The number of carboxylic acid groups (broad SMARTS) is 1. The molecule has 2 fully saturated rings. The van der Waals surface area contributed by atoms with Gasteiger partial charge in [0.05, 0.1) is 18.1 Å². The standard InChI is InChI=1S/C16H19ClO3/c17-14-3-1-2-12(16(14)20-9-10-4-5-10)13(8-15(18)19)11-6-7-11/h1-3,10-11,13H,4-9H2,(H,18,19). The molecule has 1 atom stereocenters. The van der Waals surface area contributed by atoms with E-state index in [4.69, 9.17) is 21.4 Å². The quantitative estimate of drug-likeness (QED) is 0.823. The molecule has 2 aliphatic rings. The van der Waals surface area contributed by atoms with E-state index in [1.165, 1.54) is 12.8 Å². The second-order valence-electron chi connectivity index (χ2n) is 5.95. The Balaban J connectivity index is 1.84. The van der Waals surface area contributed by atoms with E-state index in [0.717, 1.165) is 18.4 Å². The fourth-order valence-electron chi connectivity index (χ4n) is 2.67. The van der Waals surface area contributed by atoms with Crippen LogP contribution in [0.2, 0.25) is 5.02 Å². The number of aliphatic carboxylic acids is 1. The van der Waals surface area contributed by atoms with Gasteiger partial charge in [0.15, 0.2) is 0 Å². The van der Waals surface area contributed by atoms with Gasteiger partial charge in [-0.2, -0.15) is 0 Å². The highest BCUT2D eigenvalue weighted by molar-refractivity contribution is 6.32. The predicted molar refractivity (Wildman–Crippen MR) is 77.4 cm³/mol. The molecule has 0 radical (unpaired) electrons. The molecule has 0 amide bonds. The van der Waals surface area contributed by atoms with Crippen LogP contribution in [0.25, 0.3) is 0 Å². The Hall–Kier alpha value is -1.22. The van der Waals surface area contributed by atoms with Crippen molar-refractivity contribution >= 4 is 17.6 Å². The maximum absolute atomic E-state index is 11.1. The van der Waals surface area contributed by atoms with E-state index in [9.17, 15) is 4.79 Å². The summed E-state index contributed by atoms with van der Waals surface area (Å²) in [7, 11) is 0. The SMILES string of the molecule is O=C(O)CC(c1cccc(Cl)c1OCC1CC1)C1CC1. The van der Waals surface area contributed by atoms with Gasteiger partial charge in [-0.1, -0.05) is 23.7 Å². The zero-order valence-corrected chi connectivity index (χ0v) is 12.1. The first kappa shape index (κ1) is 13.7. The molecule has 0 saturated heterocycles. The summed E-state index contributed by atoms with van der Waals surface area (Å²) in [5, 5.41) is 9.73. The minimum Gasteiger partial charge on any atom is -0.491 e. The van der Waals surface area contributed by atoms with E-state index in [1.54, 1.807) is 0 Å². The predicted octanol–water partition coefficient (Wildman–Crippen LogP) is 4.10. The lowest BCUT2D eigenvalue weighted by Gasteiger charge is -2.20. The molecule has 2 saturated carbocycles. The van der Waals surface area contributed by atoms with Gasteiger partial charge in [-0.3, -0.25) is 4.79 Å². The Labute approximate surface area is 123 Å². The fraction of sp³-hybridized carbons (Fsp3) is 0.562. The van der Waals surface area contributed by atoms with Gasteiger partial charge in [0.2, 0.25) is 0 Å². The number of hydrogen-bond donors (Lipinski definition) is 1. The Kier molecular flexibility index (Phi) is 3.88. The third-order valence-corrected chi connectivity index (χ3v) is 4.44. The van der Waals surface area contributed by atoms with Crippen molar-refractivity contribution in [2.24, 2.45) is 11.8 Å². The van der Waals surface area contributed by atoms with Crippen LogP contribution in [0, 0.1) is 11.8 Å². The van der Waals surface area contributed by atoms with Crippen LogP contribution in [-0.2, 0) is 4.79 Å². The van der Waals surface area contributed by atoms with E-state index in [1.807, 2.05) is 18.2 Å². The van der Waals surface area contributed by atoms with Gasteiger partial charge in [0, 0.05) is 5.92 Å². The van der Waals surface area contributed by atoms with Gasteiger partial charge in [0.1, 0.15) is 5.75 Å². The van der Waals surface area contributed by atoms with Gasteiger partial charge in [-0.25, -0.2) is 0 Å². The minimum atomic E-state index is -0.755. The van der Waals surface area contributed by atoms with Crippen molar-refractivity contribution in [1.29, 1.82) is 0 Å². The lowest BCUT2D eigenvalue weighted by atomic mass is 9.90. The molecule has 2 aliphatic carbocycles. The zero-order valence-electron chi connectivity index (χ0n) is 11.3. The van der Waals surface area contributed by atoms with Crippen molar-refractivity contribution < 1.29 is 14.6 Å². The van der Waals surface area contributed by atoms with Gasteiger partial charge in [-0.05, 0) is 49.1 Å². The molecule has 0 spiro atoms. The molecule has 1 aromatic rings. The van der Waals surface area contributed by atoms with Crippen molar-refractivity contribution in [3.05, 3.63) is 28.8 Å². The summed E-state index contributed by atoms with van der Waals surface area (Å²) in [6.07, 6.45) is 4.81. The molecule has 0 aromatic heterocycles. The van der Waals surface area contributed by atoms with Crippen molar-refractivity contribution in [2.45, 2.75) is 38.0 Å². The molecule has 3 rings (SSSR count). The van der Waals surface area contributed by atoms with Crippen LogP contribution in [0.5, 0.6) is 5.75 Å². The molecule has 1 aromatic carbocycles. The van der Waals surface area contributed by atoms with Gasteiger partial charge < -0.3 is 9.84 Å². The van der Waals surface area contributed by atoms with Gasteiger partial charge in [-0.15, -0.1) is 0 Å². The second-order valence-corrected chi connectivity index (χ2v) is 6.36. The Bertz CT molecular complexity index is 506. The van der Waals surface area contributed by atoms with Crippen molar-refractivity contribution in [2.75, 3.05) is 6.61 Å². The molecule has 20 heavy (non-hydrogen) atoms. The summed E-state index contributed by atoms with van der Waals surface area (Å²) >= 11 is 6.27. The summed E-state index contributed by atoms with van der Waals surface area (Å²) in [6.45, 7) is 0.696. The van der Waals surface area contributed by atoms with Crippen molar-refractivity contribution in [3.8, 4) is 5.75 Å². The van der Waals surface area contributed by atoms with Crippen LogP contribution in [0.3, 0.4) is 0 Å². The first-order chi connectivity index (χ1) is 9.65. The topological polar surface area (TPSA) is 46.5 Å². The molecule has 0 bridgehead atoms. The minimum absolute atomic E-state index is 0.0282. The molecular weight excluding hydrogens is 276 g/mol. The third-order valence-electron chi connectivity index (χ3n) is 4.14. The van der Waals surface area contributed by atoms with Crippen LogP contribution in [-0.4, -0.2) is 17.7 Å². The molecule has 1 unspecified atom stereocenters. The number of ether oxygens (including phenoxy) is 1. The number of benzene rings is 1. The Morgan fingerprint density at radius 2 is 2.10 bits per heavy atom. The lowest BCUT2D eigenvalue weighted by Crippen LogP contribution is -2.11. The second kappa shape index (κ2) is 5.65. The fourth-order valence-corrected chi connectivity index (χ4v) is 2.91. The Morgan fingerprint density at radius 3 is 2.70 bits per heavy atom. The van der Waals surface area contributed by atoms with Gasteiger partial charge >= 0.3 is 5.97 Å². The van der Waals surface area contributed by atoms with Crippen LogP contribution >= 0.6 is 11.6 Å². The summed E-state index contributed by atoms with van der Waals surface area (Å²) in [6, 6.07) is 5.68. The van der Waals surface area contributed by atoms with E-state index in [-0.39, 0.29) is 12.3 Å². The smallest absolute Gasteiger partial charge is 0.303 e. The highest BCUT2D eigenvalue weighted by Crippen LogP contribution is 2.48. The van der Waals surface area contributed by atoms with E-state index in [2.05, 4.69) is 0 Å². The maximum Gasteiger partial charge on any atom is 0.303 e. The maximum atomic E-state index is 11.1. The summed E-state index contributed by atoms with van der Waals surface area (Å²) in [5.41, 5.74) is 0.975. The van der Waals surface area contributed by atoms with Crippen LogP contribution in [0.15, 0.2) is 18.2 Å². The van der Waals surface area contributed by atoms with E-state index >= 15 is 0 Å². The van der Waals surface area contributed by atoms with E-state index in [0.29, 0.717) is 29.2 Å². The molecule has 0 aliphatic heterocycles. The van der Waals surface area contributed by atoms with Gasteiger partial charge in [0.25, 0.3) is 0 Å². The summed E-state index contributed by atoms with van der Waals surface area (Å²) in [5.74, 6) is 1.10. The number of carboxylic acids is 1. The number of carbonyl (C=O) groups is 1. The van der Waals surface area contributed by atoms with Crippen molar-refractivity contribution in [3.63, 3.8) is 0 Å². The highest BCUT2D eigenvalue weighted by atomic mass is 35.5. The molecule has 0 heterocycles. The first-order valence-corrected chi connectivity index (χ1v) is 7.66. The lowest BCUT2D eigenvalue weighted by molar-refractivity contribution is -0.137. The number of para-hydroxylation sites is 1. The van der Waals surface area contributed by atoms with Crippen LogP contribution in [0.1, 0.15) is 43.6 Å². The molecular formula is C16H19ClO3. The average Bonchev–Trinajstić information content (AvgIpc) is 3.27. The first-order valence-electron chi connectivity index (χ1n) is 7.28.